The third-order valence-corrected chi connectivity index (χ3v) is 8.58. The van der Waals surface area contributed by atoms with Crippen molar-refractivity contribution in [1.82, 2.24) is 4.57 Å². The molecule has 0 radical (unpaired) electrons. The first-order valence-corrected chi connectivity index (χ1v) is 13.6. The Bertz CT molecular complexity index is 2090. The van der Waals surface area contributed by atoms with Gasteiger partial charge in [-0.15, -0.1) is 0 Å². The molecule has 0 spiro atoms. The number of nitrogens with zero attached hydrogens (tertiary/aromatic N) is 2. The van der Waals surface area contributed by atoms with Gasteiger partial charge in [0.25, 0.3) is 0 Å². The fraction of sp³-hybridized carbons (Fsp3) is 0. The molecule has 0 N–H and O–H groups in total. The highest BCUT2D eigenvalue weighted by Gasteiger charge is 2.42. The van der Waals surface area contributed by atoms with E-state index in [1.165, 1.54) is 72.0 Å². The van der Waals surface area contributed by atoms with E-state index in [2.05, 4.69) is 149 Å². The molecule has 0 saturated carbocycles. The van der Waals surface area contributed by atoms with Crippen LogP contribution in [-0.2, 0) is 0 Å². The first-order valence-electron chi connectivity index (χ1n) is 13.6. The number of benzene rings is 6. The lowest BCUT2D eigenvalue weighted by Crippen LogP contribution is -2.59. The lowest BCUT2D eigenvalue weighted by molar-refractivity contribution is 1.18. The average Bonchev–Trinajstić information content (AvgIpc) is 3.34. The van der Waals surface area contributed by atoms with Gasteiger partial charge in [-0.2, -0.15) is 0 Å². The standard InChI is InChI=1S/C36H23BN2/c1-2-12-24(13-3-1)38-33-20-10-6-17-28(33)30-23-36-29(22-35(30)38)26-15-5-9-19-32(26)37-31-18-8-4-14-25(31)27-16-7-11-21-34(27)39(36)37/h1-23H. The van der Waals surface area contributed by atoms with Crippen molar-refractivity contribution < 1.29 is 0 Å². The molecule has 1 aromatic heterocycles. The summed E-state index contributed by atoms with van der Waals surface area (Å²) in [5, 5.41) is 2.56. The van der Waals surface area contributed by atoms with Crippen LogP contribution in [0.4, 0.5) is 11.4 Å². The fourth-order valence-electron chi connectivity index (χ4n) is 7.00. The van der Waals surface area contributed by atoms with Crippen LogP contribution in [0, 0.1) is 0 Å². The Hall–Kier alpha value is -5.02. The van der Waals surface area contributed by atoms with Gasteiger partial charge in [0.2, 0.25) is 0 Å². The minimum atomic E-state index is 0.125. The van der Waals surface area contributed by atoms with Crippen LogP contribution in [-0.4, -0.2) is 11.4 Å². The van der Waals surface area contributed by atoms with Crippen LogP contribution in [0.3, 0.4) is 0 Å². The quantitative estimate of drug-likeness (QED) is 0.213. The van der Waals surface area contributed by atoms with Gasteiger partial charge < -0.3 is 9.38 Å². The maximum absolute atomic E-state index is 2.59. The molecule has 180 valence electrons. The number of fused-ring (bicyclic) bond motifs is 14. The molecule has 7 aromatic rings. The summed E-state index contributed by atoms with van der Waals surface area (Å²) >= 11 is 0. The molecule has 0 amide bonds. The van der Waals surface area contributed by atoms with Crippen molar-refractivity contribution in [1.29, 1.82) is 0 Å². The summed E-state index contributed by atoms with van der Waals surface area (Å²) in [6, 6.07) is 51.2. The molecule has 2 aliphatic rings. The Balaban J connectivity index is 1.44. The maximum Gasteiger partial charge on any atom is 0.329 e. The van der Waals surface area contributed by atoms with Crippen LogP contribution in [0.25, 0.3) is 49.7 Å². The normalized spacial score (nSPS) is 13.0. The number of para-hydroxylation sites is 3. The molecule has 0 aliphatic carbocycles. The van der Waals surface area contributed by atoms with Crippen LogP contribution < -0.4 is 15.7 Å². The Morgan fingerprint density at radius 1 is 0.410 bits per heavy atom. The van der Waals surface area contributed by atoms with Crippen molar-refractivity contribution in [2.24, 2.45) is 0 Å². The summed E-state index contributed by atoms with van der Waals surface area (Å²) < 4.78 is 2.42. The third kappa shape index (κ3) is 2.77. The van der Waals surface area contributed by atoms with E-state index in [0.717, 1.165) is 0 Å². The van der Waals surface area contributed by atoms with Gasteiger partial charge >= 0.3 is 6.85 Å². The summed E-state index contributed by atoms with van der Waals surface area (Å²) in [4.78, 5) is 2.59. The Labute approximate surface area is 227 Å². The first kappa shape index (κ1) is 21.0. The lowest BCUT2D eigenvalue weighted by atomic mass is 9.43. The summed E-state index contributed by atoms with van der Waals surface area (Å²) in [6.45, 7) is 0.125. The van der Waals surface area contributed by atoms with Gasteiger partial charge in [-0.1, -0.05) is 103 Å². The van der Waals surface area contributed by atoms with E-state index in [4.69, 9.17) is 0 Å². The van der Waals surface area contributed by atoms with E-state index in [-0.39, 0.29) is 6.85 Å². The Kier molecular flexibility index (Phi) is 4.17. The predicted molar refractivity (Wildman–Crippen MR) is 165 cm³/mol. The summed E-state index contributed by atoms with van der Waals surface area (Å²) in [5.74, 6) is 0. The van der Waals surface area contributed by atoms with Gasteiger partial charge in [0.1, 0.15) is 0 Å². The maximum atomic E-state index is 2.59. The second kappa shape index (κ2) is 7.75. The molecule has 2 nitrogen and oxygen atoms in total. The zero-order valence-electron chi connectivity index (χ0n) is 21.3. The van der Waals surface area contributed by atoms with Crippen LogP contribution in [0.5, 0.6) is 0 Å². The number of aromatic nitrogens is 1. The zero-order chi connectivity index (χ0) is 25.5. The number of rotatable bonds is 1. The van der Waals surface area contributed by atoms with E-state index in [0.29, 0.717) is 0 Å². The van der Waals surface area contributed by atoms with Crippen molar-refractivity contribution in [2.45, 2.75) is 0 Å². The van der Waals surface area contributed by atoms with Crippen LogP contribution in [0.2, 0.25) is 0 Å². The highest BCUT2D eigenvalue weighted by Crippen LogP contribution is 2.48. The van der Waals surface area contributed by atoms with Gasteiger partial charge in [0, 0.05) is 39.0 Å². The zero-order valence-corrected chi connectivity index (χ0v) is 21.3. The van der Waals surface area contributed by atoms with Crippen molar-refractivity contribution in [2.75, 3.05) is 4.81 Å². The van der Waals surface area contributed by atoms with E-state index in [1.807, 2.05) is 0 Å². The van der Waals surface area contributed by atoms with Crippen molar-refractivity contribution >= 4 is 51.0 Å². The van der Waals surface area contributed by atoms with Crippen molar-refractivity contribution in [3.05, 3.63) is 140 Å². The molecule has 2 aliphatic heterocycles. The van der Waals surface area contributed by atoms with E-state index < -0.39 is 0 Å². The van der Waals surface area contributed by atoms with Gasteiger partial charge in [-0.3, -0.25) is 0 Å². The predicted octanol–water partition coefficient (Wildman–Crippen LogP) is 7.69. The van der Waals surface area contributed by atoms with E-state index >= 15 is 0 Å². The SMILES string of the molecule is c1ccc(-n2c3ccccc3c3cc4c(cc32)-c2ccccc2B2c3ccccc3-c3ccccc3N24)cc1. The molecule has 0 bridgehead atoms. The lowest BCUT2D eigenvalue weighted by Gasteiger charge is -2.43. The second-order valence-electron chi connectivity index (χ2n) is 10.5. The first-order chi connectivity index (χ1) is 19.4. The molecule has 9 rings (SSSR count). The highest BCUT2D eigenvalue weighted by molar-refractivity contribution is 6.92. The molecule has 0 atom stereocenters. The topological polar surface area (TPSA) is 8.17 Å². The van der Waals surface area contributed by atoms with Crippen LogP contribution in [0.15, 0.2) is 140 Å². The van der Waals surface area contributed by atoms with Crippen molar-refractivity contribution in [3.63, 3.8) is 0 Å². The minimum Gasteiger partial charge on any atom is -0.376 e. The summed E-state index contributed by atoms with van der Waals surface area (Å²) in [7, 11) is 0. The molecular formula is C36H23BN2. The van der Waals surface area contributed by atoms with Gasteiger partial charge in [0.15, 0.2) is 0 Å². The molecule has 0 fully saturated rings. The molecule has 0 saturated heterocycles. The second-order valence-corrected chi connectivity index (χ2v) is 10.5. The molecule has 0 unspecified atom stereocenters. The Morgan fingerprint density at radius 2 is 1.03 bits per heavy atom. The summed E-state index contributed by atoms with van der Waals surface area (Å²) in [5.41, 5.74) is 14.1. The fourth-order valence-corrected chi connectivity index (χ4v) is 7.00. The number of anilines is 2. The van der Waals surface area contributed by atoms with Gasteiger partial charge in [-0.05, 0) is 58.5 Å². The minimum absolute atomic E-state index is 0.125. The van der Waals surface area contributed by atoms with E-state index in [9.17, 15) is 0 Å². The monoisotopic (exact) mass is 494 g/mol. The largest absolute Gasteiger partial charge is 0.376 e. The van der Waals surface area contributed by atoms with E-state index in [1.54, 1.807) is 0 Å². The van der Waals surface area contributed by atoms with Gasteiger partial charge in [0.05, 0.1) is 11.0 Å². The summed E-state index contributed by atoms with van der Waals surface area (Å²) in [6.07, 6.45) is 0. The number of hydrogen-bond donors (Lipinski definition) is 0. The van der Waals surface area contributed by atoms with Gasteiger partial charge in [-0.25, -0.2) is 0 Å². The van der Waals surface area contributed by atoms with Crippen molar-refractivity contribution in [3.8, 4) is 27.9 Å². The molecule has 3 heteroatoms. The average molecular weight is 494 g/mol. The Morgan fingerprint density at radius 3 is 1.82 bits per heavy atom. The molecule has 3 heterocycles. The molecule has 39 heavy (non-hydrogen) atoms. The third-order valence-electron chi connectivity index (χ3n) is 8.58. The smallest absolute Gasteiger partial charge is 0.329 e. The van der Waals surface area contributed by atoms with Crippen LogP contribution in [0.1, 0.15) is 0 Å². The molecule has 6 aromatic carbocycles. The number of hydrogen-bond acceptors (Lipinski definition) is 1. The highest BCUT2D eigenvalue weighted by atomic mass is 15.1. The molecular weight excluding hydrogens is 471 g/mol. The van der Waals surface area contributed by atoms with Crippen LogP contribution >= 0.6 is 0 Å².